The van der Waals surface area contributed by atoms with E-state index in [4.69, 9.17) is 0 Å². The van der Waals surface area contributed by atoms with Gasteiger partial charge in [-0.15, -0.1) is 0 Å². The Kier molecular flexibility index (Phi) is 5.40. The first-order valence-electron chi connectivity index (χ1n) is 7.61. The number of nitrogens with zero attached hydrogens (tertiary/aromatic N) is 2. The Bertz CT molecular complexity index is 348. The summed E-state index contributed by atoms with van der Waals surface area (Å²) >= 11 is 0. The molecule has 0 bridgehead atoms. The van der Waals surface area contributed by atoms with E-state index in [1.165, 1.54) is 0 Å². The van der Waals surface area contributed by atoms with E-state index in [0.29, 0.717) is 12.8 Å². The SMILES string of the molecule is CCCC(C#N)(CCC)C(=O)N1CCCC(C)(C)C1. The van der Waals surface area contributed by atoms with Gasteiger partial charge in [-0.1, -0.05) is 40.5 Å². The van der Waals surface area contributed by atoms with Crippen LogP contribution in [0.25, 0.3) is 0 Å². The van der Waals surface area contributed by atoms with Crippen LogP contribution >= 0.6 is 0 Å². The fraction of sp³-hybridized carbons (Fsp3) is 0.875. The van der Waals surface area contributed by atoms with Gasteiger partial charge in [-0.25, -0.2) is 0 Å². The fourth-order valence-electron chi connectivity index (χ4n) is 3.25. The van der Waals surface area contributed by atoms with Gasteiger partial charge < -0.3 is 4.90 Å². The highest BCUT2D eigenvalue weighted by atomic mass is 16.2. The second-order valence-electron chi connectivity index (χ2n) is 6.69. The van der Waals surface area contributed by atoms with Crippen molar-refractivity contribution in [3.05, 3.63) is 0 Å². The summed E-state index contributed by atoms with van der Waals surface area (Å²) in [4.78, 5) is 14.8. The number of likely N-dealkylation sites (tertiary alicyclic amines) is 1. The van der Waals surface area contributed by atoms with Gasteiger partial charge in [-0.05, 0) is 31.1 Å². The Balaban J connectivity index is 2.90. The van der Waals surface area contributed by atoms with Gasteiger partial charge in [0.05, 0.1) is 6.07 Å². The first-order chi connectivity index (χ1) is 8.90. The minimum Gasteiger partial charge on any atom is -0.341 e. The largest absolute Gasteiger partial charge is 0.341 e. The van der Waals surface area contributed by atoms with Crippen LogP contribution in [0.1, 0.15) is 66.2 Å². The average Bonchev–Trinajstić information content (AvgIpc) is 2.36. The maximum Gasteiger partial charge on any atom is 0.243 e. The summed E-state index contributed by atoms with van der Waals surface area (Å²) in [7, 11) is 0. The monoisotopic (exact) mass is 264 g/mol. The van der Waals surface area contributed by atoms with Crippen LogP contribution in [0.2, 0.25) is 0 Å². The van der Waals surface area contributed by atoms with Gasteiger partial charge in [0.1, 0.15) is 5.41 Å². The fourth-order valence-corrected chi connectivity index (χ4v) is 3.25. The standard InChI is InChI=1S/C16H28N2O/c1-5-8-16(12-17,9-6-2)14(19)18-11-7-10-15(3,4)13-18/h5-11,13H2,1-4H3. The molecule has 1 saturated heterocycles. The van der Waals surface area contributed by atoms with Crippen molar-refractivity contribution < 1.29 is 4.79 Å². The molecule has 1 heterocycles. The van der Waals surface area contributed by atoms with E-state index < -0.39 is 5.41 Å². The van der Waals surface area contributed by atoms with Crippen LogP contribution in [0.3, 0.4) is 0 Å². The Labute approximate surface area is 118 Å². The molecular formula is C16H28N2O. The number of nitriles is 1. The van der Waals surface area contributed by atoms with Crippen molar-refractivity contribution in [2.75, 3.05) is 13.1 Å². The first kappa shape index (κ1) is 16.0. The zero-order valence-corrected chi connectivity index (χ0v) is 13.0. The lowest BCUT2D eigenvalue weighted by molar-refractivity contribution is -0.143. The summed E-state index contributed by atoms with van der Waals surface area (Å²) < 4.78 is 0. The molecule has 1 amide bonds. The quantitative estimate of drug-likeness (QED) is 0.759. The first-order valence-corrected chi connectivity index (χ1v) is 7.61. The summed E-state index contributed by atoms with van der Waals surface area (Å²) in [6, 6.07) is 2.35. The van der Waals surface area contributed by atoms with Crippen molar-refractivity contribution in [3.8, 4) is 6.07 Å². The molecule has 1 fully saturated rings. The Morgan fingerprint density at radius 2 is 1.89 bits per heavy atom. The predicted molar refractivity (Wildman–Crippen MR) is 77.5 cm³/mol. The van der Waals surface area contributed by atoms with E-state index >= 15 is 0 Å². The lowest BCUT2D eigenvalue weighted by Gasteiger charge is -2.41. The predicted octanol–water partition coefficient (Wildman–Crippen LogP) is 3.75. The summed E-state index contributed by atoms with van der Waals surface area (Å²) in [5.74, 6) is 0.0754. The van der Waals surface area contributed by atoms with E-state index in [-0.39, 0.29) is 11.3 Å². The molecule has 3 heteroatoms. The van der Waals surface area contributed by atoms with Gasteiger partial charge in [-0.3, -0.25) is 4.79 Å². The minimum absolute atomic E-state index is 0.0754. The van der Waals surface area contributed by atoms with Gasteiger partial charge in [0.2, 0.25) is 5.91 Å². The van der Waals surface area contributed by atoms with Crippen LogP contribution in [0.15, 0.2) is 0 Å². The van der Waals surface area contributed by atoms with Crippen LogP contribution < -0.4 is 0 Å². The van der Waals surface area contributed by atoms with Gasteiger partial charge in [0, 0.05) is 13.1 Å². The molecule has 0 aromatic rings. The van der Waals surface area contributed by atoms with Crippen molar-refractivity contribution in [1.29, 1.82) is 5.26 Å². The number of rotatable bonds is 5. The zero-order valence-electron chi connectivity index (χ0n) is 13.0. The molecule has 0 saturated carbocycles. The highest BCUT2D eigenvalue weighted by Gasteiger charge is 2.42. The third-order valence-electron chi connectivity index (χ3n) is 4.16. The summed E-state index contributed by atoms with van der Waals surface area (Å²) in [5.41, 5.74) is -0.593. The number of carbonyl (C=O) groups excluding carboxylic acids is 1. The van der Waals surface area contributed by atoms with Crippen molar-refractivity contribution >= 4 is 5.91 Å². The Hall–Kier alpha value is -1.04. The van der Waals surface area contributed by atoms with E-state index in [1.54, 1.807) is 0 Å². The van der Waals surface area contributed by atoms with Crippen molar-refractivity contribution in [2.45, 2.75) is 66.2 Å². The smallest absolute Gasteiger partial charge is 0.243 e. The molecule has 108 valence electrons. The van der Waals surface area contributed by atoms with E-state index in [0.717, 1.165) is 38.8 Å². The summed E-state index contributed by atoms with van der Waals surface area (Å²) in [6.45, 7) is 10.1. The molecule has 1 aliphatic rings. The van der Waals surface area contributed by atoms with Crippen LogP contribution in [0.5, 0.6) is 0 Å². The molecule has 1 rings (SSSR count). The van der Waals surface area contributed by atoms with Crippen LogP contribution in [0, 0.1) is 22.2 Å². The second-order valence-corrected chi connectivity index (χ2v) is 6.69. The molecule has 0 aromatic carbocycles. The van der Waals surface area contributed by atoms with E-state index in [1.807, 2.05) is 4.90 Å². The maximum absolute atomic E-state index is 12.8. The Morgan fingerprint density at radius 1 is 1.32 bits per heavy atom. The van der Waals surface area contributed by atoms with Gasteiger partial charge in [0.25, 0.3) is 0 Å². The van der Waals surface area contributed by atoms with Crippen LogP contribution in [0.4, 0.5) is 0 Å². The summed E-state index contributed by atoms with van der Waals surface area (Å²) in [5, 5.41) is 9.57. The number of hydrogen-bond acceptors (Lipinski definition) is 2. The molecule has 0 N–H and O–H groups in total. The van der Waals surface area contributed by atoms with Crippen LogP contribution in [-0.2, 0) is 4.79 Å². The highest BCUT2D eigenvalue weighted by Crippen LogP contribution is 2.35. The van der Waals surface area contributed by atoms with Crippen molar-refractivity contribution in [1.82, 2.24) is 4.90 Å². The molecule has 0 unspecified atom stereocenters. The Morgan fingerprint density at radius 3 is 2.32 bits per heavy atom. The maximum atomic E-state index is 12.8. The third kappa shape index (κ3) is 3.72. The normalized spacial score (nSPS) is 19.0. The molecule has 0 aliphatic carbocycles. The van der Waals surface area contributed by atoms with Crippen molar-refractivity contribution in [2.24, 2.45) is 10.8 Å². The van der Waals surface area contributed by atoms with Crippen molar-refractivity contribution in [3.63, 3.8) is 0 Å². The second kappa shape index (κ2) is 6.41. The lowest BCUT2D eigenvalue weighted by atomic mass is 9.77. The molecular weight excluding hydrogens is 236 g/mol. The highest BCUT2D eigenvalue weighted by molar-refractivity contribution is 5.85. The molecule has 0 atom stereocenters. The minimum atomic E-state index is -0.781. The lowest BCUT2D eigenvalue weighted by Crippen LogP contribution is -2.49. The molecule has 19 heavy (non-hydrogen) atoms. The number of amides is 1. The molecule has 0 aromatic heterocycles. The number of carbonyl (C=O) groups is 1. The zero-order chi connectivity index (χ0) is 14.5. The average molecular weight is 264 g/mol. The molecule has 0 spiro atoms. The topological polar surface area (TPSA) is 44.1 Å². The summed E-state index contributed by atoms with van der Waals surface area (Å²) in [6.07, 6.45) is 5.36. The van der Waals surface area contributed by atoms with E-state index in [9.17, 15) is 10.1 Å². The van der Waals surface area contributed by atoms with Gasteiger partial charge >= 0.3 is 0 Å². The third-order valence-corrected chi connectivity index (χ3v) is 4.16. The molecule has 0 radical (unpaired) electrons. The van der Waals surface area contributed by atoms with Crippen LogP contribution in [-0.4, -0.2) is 23.9 Å². The molecule has 1 aliphatic heterocycles. The number of piperidine rings is 1. The van der Waals surface area contributed by atoms with Gasteiger partial charge in [0.15, 0.2) is 0 Å². The van der Waals surface area contributed by atoms with E-state index in [2.05, 4.69) is 33.8 Å². The number of hydrogen-bond donors (Lipinski definition) is 0. The molecule has 3 nitrogen and oxygen atoms in total. The van der Waals surface area contributed by atoms with Gasteiger partial charge in [-0.2, -0.15) is 5.26 Å².